The number of thiazole rings is 1. The Balaban J connectivity index is 2.57. The van der Waals surface area contributed by atoms with Gasteiger partial charge in [0.1, 0.15) is 0 Å². The highest BCUT2D eigenvalue weighted by molar-refractivity contribution is 14.1. The van der Waals surface area contributed by atoms with Gasteiger partial charge >= 0.3 is 0 Å². The number of amides is 1. The zero-order valence-corrected chi connectivity index (χ0v) is 9.03. The summed E-state index contributed by atoms with van der Waals surface area (Å²) < 4.78 is 2.95. The van der Waals surface area contributed by atoms with Gasteiger partial charge in [0.05, 0.1) is 35.0 Å². The molecule has 0 saturated carbocycles. The van der Waals surface area contributed by atoms with Gasteiger partial charge in [-0.15, -0.1) is 11.3 Å². The molecule has 0 aliphatic rings. The van der Waals surface area contributed by atoms with Crippen molar-refractivity contribution in [3.8, 4) is 0 Å². The number of nitrogens with one attached hydrogen (secondary N) is 1. The first-order chi connectivity index (χ1) is 5.22. The number of hydrogen-bond donors (Lipinski definition) is 1. The van der Waals surface area contributed by atoms with E-state index in [1.807, 2.05) is 0 Å². The van der Waals surface area contributed by atoms with E-state index in [1.54, 1.807) is 28.2 Å². The van der Waals surface area contributed by atoms with E-state index in [0.29, 0.717) is 16.6 Å². The number of aromatic nitrogens is 1. The summed E-state index contributed by atoms with van der Waals surface area (Å²) in [5, 5.41) is 1.77. The summed E-state index contributed by atoms with van der Waals surface area (Å²) in [5.74, 6) is -0.0624. The van der Waals surface area contributed by atoms with Crippen LogP contribution in [0.1, 0.15) is 5.69 Å². The van der Waals surface area contributed by atoms with Crippen molar-refractivity contribution in [1.82, 2.24) is 8.51 Å². The summed E-state index contributed by atoms with van der Waals surface area (Å²) >= 11 is 8.68. The summed E-state index contributed by atoms with van der Waals surface area (Å²) in [6, 6.07) is 0. The highest BCUT2D eigenvalue weighted by Crippen LogP contribution is 2.15. The molecule has 0 spiro atoms. The van der Waals surface area contributed by atoms with Gasteiger partial charge in [0.2, 0.25) is 5.91 Å². The lowest BCUT2D eigenvalue weighted by Crippen LogP contribution is -2.14. The van der Waals surface area contributed by atoms with Crippen LogP contribution in [-0.4, -0.2) is 10.9 Å². The molecule has 0 aliphatic heterocycles. The monoisotopic (exact) mass is 302 g/mol. The van der Waals surface area contributed by atoms with Crippen molar-refractivity contribution in [1.29, 1.82) is 0 Å². The first-order valence-electron chi connectivity index (χ1n) is 2.71. The molecule has 3 nitrogen and oxygen atoms in total. The number of halogens is 2. The molecule has 1 aromatic rings. The van der Waals surface area contributed by atoms with Crippen LogP contribution in [0.3, 0.4) is 0 Å². The minimum Gasteiger partial charge on any atom is -0.298 e. The quantitative estimate of drug-likeness (QED) is 0.669. The van der Waals surface area contributed by atoms with E-state index in [-0.39, 0.29) is 5.91 Å². The molecule has 1 rings (SSSR count). The SMILES string of the molecule is O=C(Cc1csc(Cl)n1)NI. The minimum atomic E-state index is -0.0624. The summed E-state index contributed by atoms with van der Waals surface area (Å²) in [5.41, 5.74) is 0.717. The predicted octanol–water partition coefficient (Wildman–Crippen LogP) is 1.81. The van der Waals surface area contributed by atoms with Crippen molar-refractivity contribution in [2.45, 2.75) is 6.42 Å². The molecular weight excluding hydrogens is 298 g/mol. The molecule has 6 heteroatoms. The standard InChI is InChI=1S/C5H4ClIN2OS/c6-5-8-3(2-11-5)1-4(10)9-7/h2H,1H2,(H,9,10). The third-order valence-corrected chi connectivity index (χ3v) is 2.60. The number of carbonyl (C=O) groups is 1. The lowest BCUT2D eigenvalue weighted by Gasteiger charge is -1.91. The number of carbonyl (C=O) groups excluding carboxylic acids is 1. The van der Waals surface area contributed by atoms with E-state index in [0.717, 1.165) is 0 Å². The Kier molecular flexibility index (Phi) is 3.53. The van der Waals surface area contributed by atoms with E-state index in [1.165, 1.54) is 11.3 Å². The van der Waals surface area contributed by atoms with Crippen LogP contribution in [0, 0.1) is 0 Å². The normalized spacial score (nSPS) is 9.64. The second-order valence-electron chi connectivity index (χ2n) is 1.79. The average molecular weight is 303 g/mol. The van der Waals surface area contributed by atoms with Gasteiger partial charge in [-0.1, -0.05) is 11.6 Å². The van der Waals surface area contributed by atoms with Crippen LogP contribution < -0.4 is 3.53 Å². The van der Waals surface area contributed by atoms with Crippen molar-refractivity contribution in [3.63, 3.8) is 0 Å². The first kappa shape index (κ1) is 9.21. The van der Waals surface area contributed by atoms with E-state index < -0.39 is 0 Å². The van der Waals surface area contributed by atoms with Crippen molar-refractivity contribution in [3.05, 3.63) is 15.5 Å². The molecule has 1 N–H and O–H groups in total. The largest absolute Gasteiger partial charge is 0.298 e. The summed E-state index contributed by atoms with van der Waals surface area (Å²) in [6.07, 6.45) is 0.298. The first-order valence-corrected chi connectivity index (χ1v) is 5.05. The third kappa shape index (κ3) is 2.92. The summed E-state index contributed by atoms with van der Waals surface area (Å²) in [6.45, 7) is 0. The fourth-order valence-corrected chi connectivity index (χ4v) is 1.53. The summed E-state index contributed by atoms with van der Waals surface area (Å²) in [7, 11) is 0. The molecule has 60 valence electrons. The minimum absolute atomic E-state index is 0.0624. The third-order valence-electron chi connectivity index (χ3n) is 0.971. The maximum Gasteiger partial charge on any atom is 0.234 e. The lowest BCUT2D eigenvalue weighted by molar-refractivity contribution is -0.118. The Morgan fingerprint density at radius 3 is 3.09 bits per heavy atom. The molecule has 11 heavy (non-hydrogen) atoms. The van der Waals surface area contributed by atoms with E-state index >= 15 is 0 Å². The smallest absolute Gasteiger partial charge is 0.234 e. The fourth-order valence-electron chi connectivity index (χ4n) is 0.561. The molecular formula is C5H4ClIN2OS. The molecule has 0 radical (unpaired) electrons. The number of rotatable bonds is 2. The lowest BCUT2D eigenvalue weighted by atomic mass is 10.3. The van der Waals surface area contributed by atoms with Gasteiger partial charge in [0, 0.05) is 5.38 Å². The zero-order valence-electron chi connectivity index (χ0n) is 5.30. The van der Waals surface area contributed by atoms with Crippen LogP contribution in [0.5, 0.6) is 0 Å². The van der Waals surface area contributed by atoms with Crippen molar-refractivity contribution in [2.24, 2.45) is 0 Å². The van der Waals surface area contributed by atoms with Crippen LogP contribution in [0.4, 0.5) is 0 Å². The van der Waals surface area contributed by atoms with Gasteiger partial charge in [0.15, 0.2) is 4.47 Å². The van der Waals surface area contributed by atoms with Crippen molar-refractivity contribution >= 4 is 51.7 Å². The molecule has 0 bridgehead atoms. The van der Waals surface area contributed by atoms with Gasteiger partial charge in [-0.05, 0) is 0 Å². The molecule has 0 fully saturated rings. The van der Waals surface area contributed by atoms with Crippen molar-refractivity contribution < 1.29 is 4.79 Å². The van der Waals surface area contributed by atoms with E-state index in [4.69, 9.17) is 11.6 Å². The topological polar surface area (TPSA) is 42.0 Å². The number of nitrogens with zero attached hydrogens (tertiary/aromatic N) is 1. The molecule has 0 atom stereocenters. The van der Waals surface area contributed by atoms with Gasteiger partial charge in [0.25, 0.3) is 0 Å². The zero-order chi connectivity index (χ0) is 8.27. The van der Waals surface area contributed by atoms with Crippen LogP contribution in [-0.2, 0) is 11.2 Å². The Labute approximate surface area is 86.7 Å². The molecule has 0 aliphatic carbocycles. The van der Waals surface area contributed by atoms with E-state index in [9.17, 15) is 4.79 Å². The Morgan fingerprint density at radius 1 is 1.91 bits per heavy atom. The van der Waals surface area contributed by atoms with Crippen LogP contribution in [0.15, 0.2) is 5.38 Å². The molecule has 1 aromatic heterocycles. The molecule has 1 amide bonds. The van der Waals surface area contributed by atoms with Gasteiger partial charge in [-0.2, -0.15) is 0 Å². The predicted molar refractivity (Wildman–Crippen MR) is 53.0 cm³/mol. The average Bonchev–Trinajstić information content (AvgIpc) is 2.35. The molecule has 0 saturated heterocycles. The molecule has 0 unspecified atom stereocenters. The van der Waals surface area contributed by atoms with Crippen molar-refractivity contribution in [2.75, 3.05) is 0 Å². The number of hydrogen-bond acceptors (Lipinski definition) is 3. The molecule has 0 aromatic carbocycles. The van der Waals surface area contributed by atoms with Crippen LogP contribution in [0.25, 0.3) is 0 Å². The Bertz CT molecular complexity index is 265. The van der Waals surface area contributed by atoms with Crippen LogP contribution in [0.2, 0.25) is 4.47 Å². The van der Waals surface area contributed by atoms with E-state index in [2.05, 4.69) is 8.51 Å². The fraction of sp³-hybridized carbons (Fsp3) is 0.200. The van der Waals surface area contributed by atoms with Gasteiger partial charge in [-0.25, -0.2) is 4.98 Å². The highest BCUT2D eigenvalue weighted by Gasteiger charge is 2.04. The Morgan fingerprint density at radius 2 is 2.64 bits per heavy atom. The second kappa shape index (κ2) is 4.22. The highest BCUT2D eigenvalue weighted by atomic mass is 127. The summed E-state index contributed by atoms with van der Waals surface area (Å²) in [4.78, 5) is 14.7. The molecule has 1 heterocycles. The van der Waals surface area contributed by atoms with Gasteiger partial charge in [-0.3, -0.25) is 8.32 Å². The van der Waals surface area contributed by atoms with Gasteiger partial charge < -0.3 is 0 Å². The van der Waals surface area contributed by atoms with Crippen LogP contribution >= 0.6 is 45.8 Å². The Hall–Kier alpha value is 0.120. The maximum absolute atomic E-state index is 10.8. The second-order valence-corrected chi connectivity index (χ2v) is 3.77. The maximum atomic E-state index is 10.8.